The predicted octanol–water partition coefficient (Wildman–Crippen LogP) is 1.26. The summed E-state index contributed by atoms with van der Waals surface area (Å²) in [5, 5.41) is 3.44. The van der Waals surface area contributed by atoms with E-state index in [-0.39, 0.29) is 11.9 Å². The van der Waals surface area contributed by atoms with Crippen LogP contribution in [0.3, 0.4) is 0 Å². The quantitative estimate of drug-likeness (QED) is 0.767. The van der Waals surface area contributed by atoms with Crippen molar-refractivity contribution in [2.75, 3.05) is 39.3 Å². The second kappa shape index (κ2) is 6.02. The lowest BCUT2D eigenvalue weighted by atomic mass is 9.87. The van der Waals surface area contributed by atoms with Crippen LogP contribution in [0.4, 0.5) is 0 Å². The fourth-order valence-corrected chi connectivity index (χ4v) is 3.20. The molecule has 0 spiro atoms. The first kappa shape index (κ1) is 13.8. The molecule has 2 saturated heterocycles. The van der Waals surface area contributed by atoms with Gasteiger partial charge >= 0.3 is 5.97 Å². The van der Waals surface area contributed by atoms with Gasteiger partial charge in [-0.25, -0.2) is 0 Å². The maximum absolute atomic E-state index is 11.8. The fraction of sp³-hybridized carbons (Fsp3) is 0.929. The molecule has 2 atom stereocenters. The highest BCUT2D eigenvalue weighted by atomic mass is 16.5. The Balaban J connectivity index is 1.84. The average molecular weight is 254 g/mol. The summed E-state index contributed by atoms with van der Waals surface area (Å²) in [6.07, 6.45) is 3.35. The van der Waals surface area contributed by atoms with Crippen LogP contribution < -0.4 is 5.32 Å². The zero-order valence-electron chi connectivity index (χ0n) is 11.7. The van der Waals surface area contributed by atoms with Crippen molar-refractivity contribution in [2.45, 2.75) is 33.1 Å². The molecule has 4 nitrogen and oxygen atoms in total. The lowest BCUT2D eigenvalue weighted by Crippen LogP contribution is -2.45. The number of likely N-dealkylation sites (tertiary alicyclic amines) is 1. The third-order valence-corrected chi connectivity index (χ3v) is 4.19. The molecule has 18 heavy (non-hydrogen) atoms. The third kappa shape index (κ3) is 3.45. The Morgan fingerprint density at radius 2 is 2.39 bits per heavy atom. The smallest absolute Gasteiger partial charge is 0.310 e. The van der Waals surface area contributed by atoms with Crippen molar-refractivity contribution in [3.63, 3.8) is 0 Å². The van der Waals surface area contributed by atoms with E-state index in [1.807, 2.05) is 6.92 Å². The number of esters is 1. The Hall–Kier alpha value is -0.610. The first-order valence-corrected chi connectivity index (χ1v) is 7.23. The highest BCUT2D eigenvalue weighted by Crippen LogP contribution is 2.28. The monoisotopic (exact) mass is 254 g/mol. The van der Waals surface area contributed by atoms with Gasteiger partial charge in [0.05, 0.1) is 12.5 Å². The number of nitrogens with one attached hydrogen (secondary N) is 1. The van der Waals surface area contributed by atoms with E-state index >= 15 is 0 Å². The van der Waals surface area contributed by atoms with Gasteiger partial charge in [0.2, 0.25) is 0 Å². The fourth-order valence-electron chi connectivity index (χ4n) is 3.20. The molecular weight excluding hydrogens is 228 g/mol. The maximum Gasteiger partial charge on any atom is 0.310 e. The molecule has 104 valence electrons. The molecule has 2 fully saturated rings. The number of nitrogens with zero attached hydrogens (tertiary/aromatic N) is 1. The number of hydrogen-bond acceptors (Lipinski definition) is 4. The predicted molar refractivity (Wildman–Crippen MR) is 71.4 cm³/mol. The molecular formula is C14H26N2O2. The van der Waals surface area contributed by atoms with E-state index in [0.29, 0.717) is 12.0 Å². The van der Waals surface area contributed by atoms with Gasteiger partial charge in [0.25, 0.3) is 0 Å². The topological polar surface area (TPSA) is 41.6 Å². The molecule has 0 aliphatic carbocycles. The Labute approximate surface area is 110 Å². The van der Waals surface area contributed by atoms with Crippen LogP contribution >= 0.6 is 0 Å². The second-order valence-electron chi connectivity index (χ2n) is 6.06. The van der Waals surface area contributed by atoms with Gasteiger partial charge in [-0.1, -0.05) is 6.92 Å². The molecule has 1 N–H and O–H groups in total. The highest BCUT2D eigenvalue weighted by molar-refractivity contribution is 5.72. The normalized spacial score (nSPS) is 33.6. The lowest BCUT2D eigenvalue weighted by molar-refractivity contribution is -0.150. The van der Waals surface area contributed by atoms with E-state index in [1.54, 1.807) is 0 Å². The van der Waals surface area contributed by atoms with Crippen LogP contribution in [0.2, 0.25) is 0 Å². The van der Waals surface area contributed by atoms with E-state index in [1.165, 1.54) is 6.42 Å². The zero-order chi connectivity index (χ0) is 13.0. The van der Waals surface area contributed by atoms with Crippen molar-refractivity contribution in [1.29, 1.82) is 0 Å². The summed E-state index contributed by atoms with van der Waals surface area (Å²) in [4.78, 5) is 14.3. The van der Waals surface area contributed by atoms with Crippen LogP contribution in [0.15, 0.2) is 0 Å². The van der Waals surface area contributed by atoms with Crippen LogP contribution in [0.1, 0.15) is 33.1 Å². The van der Waals surface area contributed by atoms with Gasteiger partial charge in [-0.2, -0.15) is 0 Å². The Kier molecular flexibility index (Phi) is 4.62. The van der Waals surface area contributed by atoms with Crippen LogP contribution in [0.25, 0.3) is 0 Å². The third-order valence-electron chi connectivity index (χ3n) is 4.19. The molecule has 0 radical (unpaired) electrons. The lowest BCUT2D eigenvalue weighted by Gasteiger charge is -2.36. The van der Waals surface area contributed by atoms with E-state index in [2.05, 4.69) is 17.1 Å². The molecule has 0 aromatic rings. The van der Waals surface area contributed by atoms with Gasteiger partial charge in [-0.05, 0) is 44.7 Å². The van der Waals surface area contributed by atoms with Gasteiger partial charge in [0.15, 0.2) is 0 Å². The standard InChI is InChI=1S/C14H26N2O2/c1-3-18-13(17)12-5-4-8-16(9-12)11-14(2)6-7-15-10-14/h12,15H,3-11H2,1-2H3/t12-,14?/m1/s1. The maximum atomic E-state index is 11.8. The molecule has 2 aliphatic heterocycles. The SMILES string of the molecule is CCOC(=O)[C@@H]1CCCN(CC2(C)CCNC2)C1. The summed E-state index contributed by atoms with van der Waals surface area (Å²) >= 11 is 0. The summed E-state index contributed by atoms with van der Waals surface area (Å²) in [5.74, 6) is 0.0913. The molecule has 0 aromatic carbocycles. The first-order chi connectivity index (χ1) is 8.63. The van der Waals surface area contributed by atoms with Gasteiger partial charge in [0.1, 0.15) is 0 Å². The minimum atomic E-state index is -0.00287. The molecule has 0 bridgehead atoms. The minimum absolute atomic E-state index is 0.00287. The molecule has 1 unspecified atom stereocenters. The number of carbonyl (C=O) groups is 1. The van der Waals surface area contributed by atoms with Crippen molar-refractivity contribution in [1.82, 2.24) is 10.2 Å². The summed E-state index contributed by atoms with van der Waals surface area (Å²) in [5.41, 5.74) is 0.385. The van der Waals surface area contributed by atoms with Crippen molar-refractivity contribution >= 4 is 5.97 Å². The van der Waals surface area contributed by atoms with E-state index in [9.17, 15) is 4.79 Å². The van der Waals surface area contributed by atoms with Gasteiger partial charge in [-0.3, -0.25) is 4.79 Å². The highest BCUT2D eigenvalue weighted by Gasteiger charge is 2.34. The molecule has 4 heteroatoms. The van der Waals surface area contributed by atoms with Gasteiger partial charge < -0.3 is 15.0 Å². The van der Waals surface area contributed by atoms with Crippen LogP contribution in [0, 0.1) is 11.3 Å². The van der Waals surface area contributed by atoms with Crippen LogP contribution in [0.5, 0.6) is 0 Å². The summed E-state index contributed by atoms with van der Waals surface area (Å²) < 4.78 is 5.15. The van der Waals surface area contributed by atoms with Gasteiger partial charge in [-0.15, -0.1) is 0 Å². The molecule has 0 aromatic heterocycles. The van der Waals surface area contributed by atoms with Crippen LogP contribution in [-0.4, -0.2) is 50.2 Å². The van der Waals surface area contributed by atoms with E-state index in [4.69, 9.17) is 4.74 Å². The Morgan fingerprint density at radius 3 is 3.06 bits per heavy atom. The molecule has 2 heterocycles. The number of carbonyl (C=O) groups excluding carboxylic acids is 1. The van der Waals surface area contributed by atoms with Crippen molar-refractivity contribution in [2.24, 2.45) is 11.3 Å². The van der Waals surface area contributed by atoms with Crippen LogP contribution in [-0.2, 0) is 9.53 Å². The number of ether oxygens (including phenoxy) is 1. The minimum Gasteiger partial charge on any atom is -0.466 e. The second-order valence-corrected chi connectivity index (χ2v) is 6.06. The average Bonchev–Trinajstić information content (AvgIpc) is 2.76. The number of piperidine rings is 1. The van der Waals surface area contributed by atoms with E-state index in [0.717, 1.165) is 45.6 Å². The molecule has 0 saturated carbocycles. The summed E-state index contributed by atoms with van der Waals surface area (Å²) in [6.45, 7) is 10.1. The zero-order valence-corrected chi connectivity index (χ0v) is 11.7. The Bertz CT molecular complexity index is 288. The summed E-state index contributed by atoms with van der Waals surface area (Å²) in [7, 11) is 0. The molecule has 2 aliphatic rings. The van der Waals surface area contributed by atoms with Gasteiger partial charge in [0, 0.05) is 19.6 Å². The Morgan fingerprint density at radius 1 is 1.56 bits per heavy atom. The van der Waals surface area contributed by atoms with Crippen molar-refractivity contribution in [3.05, 3.63) is 0 Å². The van der Waals surface area contributed by atoms with Crippen molar-refractivity contribution < 1.29 is 9.53 Å². The first-order valence-electron chi connectivity index (χ1n) is 7.23. The van der Waals surface area contributed by atoms with E-state index < -0.39 is 0 Å². The number of hydrogen-bond donors (Lipinski definition) is 1. The summed E-state index contributed by atoms with van der Waals surface area (Å²) in [6, 6.07) is 0. The number of rotatable bonds is 4. The van der Waals surface area contributed by atoms with Crippen molar-refractivity contribution in [3.8, 4) is 0 Å². The largest absolute Gasteiger partial charge is 0.466 e. The molecule has 0 amide bonds. The molecule has 2 rings (SSSR count).